The van der Waals surface area contributed by atoms with E-state index in [2.05, 4.69) is 0 Å². The number of alkyl halides is 3. The van der Waals surface area contributed by atoms with Crippen LogP contribution in [0.1, 0.15) is 42.2 Å². The second kappa shape index (κ2) is 10.3. The zero-order chi connectivity index (χ0) is 20.8. The molecule has 0 saturated heterocycles. The summed E-state index contributed by atoms with van der Waals surface area (Å²) in [4.78, 5) is 25.1. The number of aliphatic hydroxyl groups is 1. The number of benzene rings is 1. The van der Waals surface area contributed by atoms with Gasteiger partial charge in [-0.05, 0) is 17.9 Å². The van der Waals surface area contributed by atoms with Gasteiger partial charge in [-0.15, -0.1) is 0 Å². The maximum atomic E-state index is 12.1. The lowest BCUT2D eigenvalue weighted by molar-refractivity contribution is -0.124. The summed E-state index contributed by atoms with van der Waals surface area (Å²) in [6.07, 6.45) is 0.384. The first-order valence-corrected chi connectivity index (χ1v) is 9.39. The van der Waals surface area contributed by atoms with Crippen molar-refractivity contribution in [1.29, 1.82) is 5.26 Å². The molecule has 0 radical (unpaired) electrons. The lowest BCUT2D eigenvalue weighted by atomic mass is 9.97. The molecule has 0 aliphatic heterocycles. The van der Waals surface area contributed by atoms with Gasteiger partial charge in [0.1, 0.15) is 6.61 Å². The smallest absolute Gasteiger partial charge is 0.234 e. The average molecular weight is 435 g/mol. The van der Waals surface area contributed by atoms with Crippen molar-refractivity contribution in [3.8, 4) is 6.07 Å². The molecule has 2 atom stereocenters. The number of Topliss-reactive ketones (excluding diaryl/α,β-unsaturated/α-hetero) is 1. The predicted molar refractivity (Wildman–Crippen MR) is 106 cm³/mol. The fraction of sp³-hybridized carbons (Fsp3) is 0.500. The van der Waals surface area contributed by atoms with Crippen molar-refractivity contribution in [2.24, 2.45) is 11.7 Å². The van der Waals surface area contributed by atoms with E-state index in [9.17, 15) is 14.9 Å². The Bertz CT molecular complexity index is 697. The van der Waals surface area contributed by atoms with Crippen LogP contribution < -0.4 is 5.73 Å². The standard InChI is InChI=1S/C18H22Cl3N3O3/c1-11(2)9-14(17(23)27)24(8-7-22)16(18(19,20)21)13-5-3-12(4-6-13)15(26)10-25/h3-6,11,14,16,25H,8-10H2,1-2H3,(H2,23,27)/t14-,16?/m0/s1. The van der Waals surface area contributed by atoms with Crippen LogP contribution in [0, 0.1) is 17.2 Å². The molecule has 0 aromatic heterocycles. The Labute approximate surface area is 173 Å². The number of hydrogen-bond acceptors (Lipinski definition) is 5. The van der Waals surface area contributed by atoms with E-state index >= 15 is 0 Å². The molecule has 0 aliphatic carbocycles. The molecule has 1 amide bonds. The topological polar surface area (TPSA) is 107 Å². The highest BCUT2D eigenvalue weighted by molar-refractivity contribution is 6.68. The van der Waals surface area contributed by atoms with E-state index in [0.717, 1.165) is 0 Å². The van der Waals surface area contributed by atoms with Crippen LogP contribution in [0.5, 0.6) is 0 Å². The first kappa shape index (κ1) is 23.7. The molecule has 1 rings (SSSR count). The van der Waals surface area contributed by atoms with Gasteiger partial charge in [-0.1, -0.05) is 72.9 Å². The summed E-state index contributed by atoms with van der Waals surface area (Å²) in [5, 5.41) is 18.2. The molecule has 0 spiro atoms. The van der Waals surface area contributed by atoms with Crippen molar-refractivity contribution in [3.63, 3.8) is 0 Å². The first-order chi connectivity index (χ1) is 12.5. The van der Waals surface area contributed by atoms with Crippen molar-refractivity contribution in [3.05, 3.63) is 35.4 Å². The number of aliphatic hydroxyl groups excluding tert-OH is 1. The Morgan fingerprint density at radius 1 is 1.26 bits per heavy atom. The number of amides is 1. The number of nitriles is 1. The number of halogens is 3. The van der Waals surface area contributed by atoms with Crippen molar-refractivity contribution in [2.45, 2.75) is 36.1 Å². The average Bonchev–Trinajstić information content (AvgIpc) is 2.57. The van der Waals surface area contributed by atoms with Gasteiger partial charge < -0.3 is 10.8 Å². The molecule has 0 heterocycles. The summed E-state index contributed by atoms with van der Waals surface area (Å²) in [5.41, 5.74) is 6.36. The molecule has 0 aliphatic rings. The minimum atomic E-state index is -1.87. The lowest BCUT2D eigenvalue weighted by Crippen LogP contribution is -2.50. The van der Waals surface area contributed by atoms with Gasteiger partial charge in [0.05, 0.1) is 24.7 Å². The summed E-state index contributed by atoms with van der Waals surface area (Å²) in [6, 6.07) is 6.33. The Kier molecular flexibility index (Phi) is 9.00. The molecule has 148 valence electrons. The van der Waals surface area contributed by atoms with Crippen LogP contribution in [-0.2, 0) is 4.79 Å². The van der Waals surface area contributed by atoms with Gasteiger partial charge in [-0.2, -0.15) is 5.26 Å². The van der Waals surface area contributed by atoms with Gasteiger partial charge in [-0.3, -0.25) is 14.5 Å². The van der Waals surface area contributed by atoms with Crippen LogP contribution in [0.15, 0.2) is 24.3 Å². The number of ketones is 1. The first-order valence-electron chi connectivity index (χ1n) is 8.25. The van der Waals surface area contributed by atoms with Crippen LogP contribution in [0.2, 0.25) is 0 Å². The Balaban J connectivity index is 3.42. The highest BCUT2D eigenvalue weighted by Gasteiger charge is 2.42. The van der Waals surface area contributed by atoms with E-state index in [-0.39, 0.29) is 12.5 Å². The molecule has 6 nitrogen and oxygen atoms in total. The second-order valence-corrected chi connectivity index (χ2v) is 8.89. The maximum absolute atomic E-state index is 12.1. The Morgan fingerprint density at radius 3 is 2.19 bits per heavy atom. The van der Waals surface area contributed by atoms with Crippen molar-refractivity contribution < 1.29 is 14.7 Å². The normalized spacial score (nSPS) is 14.0. The van der Waals surface area contributed by atoms with Crippen LogP contribution in [0.4, 0.5) is 0 Å². The zero-order valence-electron chi connectivity index (χ0n) is 15.0. The largest absolute Gasteiger partial charge is 0.388 e. The molecule has 1 aromatic rings. The second-order valence-electron chi connectivity index (χ2n) is 6.53. The number of nitrogens with zero attached hydrogens (tertiary/aromatic N) is 2. The quantitative estimate of drug-likeness (QED) is 0.353. The number of nitrogens with two attached hydrogens (primary N) is 1. The summed E-state index contributed by atoms with van der Waals surface area (Å²) < 4.78 is -1.87. The summed E-state index contributed by atoms with van der Waals surface area (Å²) in [7, 11) is 0. The highest BCUT2D eigenvalue weighted by atomic mass is 35.6. The molecule has 0 saturated carbocycles. The fourth-order valence-electron chi connectivity index (χ4n) is 2.84. The summed E-state index contributed by atoms with van der Waals surface area (Å²) in [6.45, 7) is 3.03. The third-order valence-electron chi connectivity index (χ3n) is 4.01. The Morgan fingerprint density at radius 2 is 1.81 bits per heavy atom. The molecule has 9 heteroatoms. The van der Waals surface area contributed by atoms with Crippen molar-refractivity contribution >= 4 is 46.5 Å². The van der Waals surface area contributed by atoms with Gasteiger partial charge in [0.15, 0.2) is 5.78 Å². The molecule has 0 bridgehead atoms. The van der Waals surface area contributed by atoms with Crippen LogP contribution in [0.3, 0.4) is 0 Å². The monoisotopic (exact) mass is 433 g/mol. The minimum absolute atomic E-state index is 0.115. The molecule has 1 aromatic carbocycles. The third-order valence-corrected chi connectivity index (χ3v) is 4.63. The van der Waals surface area contributed by atoms with Gasteiger partial charge in [0, 0.05) is 5.56 Å². The zero-order valence-corrected chi connectivity index (χ0v) is 17.3. The third kappa shape index (κ3) is 6.63. The Hall–Kier alpha value is -1.36. The summed E-state index contributed by atoms with van der Waals surface area (Å²) in [5.74, 6) is -0.953. The van der Waals surface area contributed by atoms with E-state index < -0.39 is 34.2 Å². The van der Waals surface area contributed by atoms with Crippen molar-refractivity contribution in [2.75, 3.05) is 13.2 Å². The van der Waals surface area contributed by atoms with Gasteiger partial charge >= 0.3 is 0 Å². The number of hydrogen-bond donors (Lipinski definition) is 2. The molecule has 3 N–H and O–H groups in total. The van der Waals surface area contributed by atoms with E-state index in [1.165, 1.54) is 17.0 Å². The van der Waals surface area contributed by atoms with Crippen LogP contribution in [-0.4, -0.2) is 44.7 Å². The fourth-order valence-corrected chi connectivity index (χ4v) is 3.59. The van der Waals surface area contributed by atoms with E-state index in [1.54, 1.807) is 12.1 Å². The predicted octanol–water partition coefficient (Wildman–Crippen LogP) is 3.00. The molecular weight excluding hydrogens is 413 g/mol. The highest BCUT2D eigenvalue weighted by Crippen LogP contribution is 2.45. The van der Waals surface area contributed by atoms with E-state index in [1.807, 2.05) is 19.9 Å². The van der Waals surface area contributed by atoms with Gasteiger partial charge in [0.2, 0.25) is 9.70 Å². The number of rotatable bonds is 9. The van der Waals surface area contributed by atoms with E-state index in [0.29, 0.717) is 17.5 Å². The van der Waals surface area contributed by atoms with E-state index in [4.69, 9.17) is 45.6 Å². The van der Waals surface area contributed by atoms with Crippen molar-refractivity contribution in [1.82, 2.24) is 4.90 Å². The lowest BCUT2D eigenvalue weighted by Gasteiger charge is -2.39. The number of carbonyl (C=O) groups excluding carboxylic acids is 2. The molecular formula is C18H22Cl3N3O3. The van der Waals surface area contributed by atoms with Gasteiger partial charge in [-0.25, -0.2) is 0 Å². The molecule has 0 fully saturated rings. The van der Waals surface area contributed by atoms with Crippen LogP contribution >= 0.6 is 34.8 Å². The number of primary amides is 1. The summed E-state index contributed by atoms with van der Waals surface area (Å²) >= 11 is 18.6. The minimum Gasteiger partial charge on any atom is -0.388 e. The maximum Gasteiger partial charge on any atom is 0.234 e. The van der Waals surface area contributed by atoms with Crippen LogP contribution in [0.25, 0.3) is 0 Å². The van der Waals surface area contributed by atoms with Gasteiger partial charge in [0.25, 0.3) is 0 Å². The molecule has 1 unspecified atom stereocenters. The number of carbonyl (C=O) groups is 2. The molecule has 27 heavy (non-hydrogen) atoms. The SMILES string of the molecule is CC(C)C[C@@H](C(N)=O)N(CC#N)C(c1ccc(C(=O)CO)cc1)C(Cl)(Cl)Cl.